The van der Waals surface area contributed by atoms with E-state index in [2.05, 4.69) is 28.7 Å². The third-order valence-corrected chi connectivity index (χ3v) is 4.93. The molecule has 4 aromatic rings. The van der Waals surface area contributed by atoms with Crippen LogP contribution in [0.5, 0.6) is 5.75 Å². The van der Waals surface area contributed by atoms with E-state index in [1.165, 1.54) is 0 Å². The summed E-state index contributed by atoms with van der Waals surface area (Å²) in [4.78, 5) is 23.8. The number of nitrogens with zero attached hydrogens (tertiary/aromatic N) is 1. The molecule has 0 radical (unpaired) electrons. The van der Waals surface area contributed by atoms with Gasteiger partial charge in [0.15, 0.2) is 6.61 Å². The van der Waals surface area contributed by atoms with Crippen molar-refractivity contribution in [2.24, 2.45) is 5.10 Å². The number of fused-ring (bicyclic) bond motifs is 2. The summed E-state index contributed by atoms with van der Waals surface area (Å²) < 4.78 is 10.4. The van der Waals surface area contributed by atoms with E-state index in [9.17, 15) is 9.59 Å². The number of hydrogen-bond donors (Lipinski definition) is 1. The fraction of sp³-hybridized carbons (Fsp3) is 0.115. The Kier molecular flexibility index (Phi) is 6.41. The van der Waals surface area contributed by atoms with Crippen molar-refractivity contribution in [1.29, 1.82) is 0 Å². The SMILES string of the molecule is CCOC(=O)c1ccc(OCC(=O)N/N=C/c2c3ccccc3cc3ccccc23)cc1. The van der Waals surface area contributed by atoms with Gasteiger partial charge in [-0.3, -0.25) is 4.79 Å². The fourth-order valence-corrected chi connectivity index (χ4v) is 3.44. The first-order valence-electron chi connectivity index (χ1n) is 10.3. The van der Waals surface area contributed by atoms with E-state index in [1.54, 1.807) is 37.4 Å². The van der Waals surface area contributed by atoms with Gasteiger partial charge in [-0.15, -0.1) is 0 Å². The lowest BCUT2D eigenvalue weighted by molar-refractivity contribution is -0.123. The Morgan fingerprint density at radius 1 is 0.906 bits per heavy atom. The summed E-state index contributed by atoms with van der Waals surface area (Å²) in [6.45, 7) is 1.86. The van der Waals surface area contributed by atoms with Crippen LogP contribution in [-0.4, -0.2) is 31.3 Å². The van der Waals surface area contributed by atoms with Gasteiger partial charge in [-0.25, -0.2) is 10.2 Å². The highest BCUT2D eigenvalue weighted by molar-refractivity contribution is 6.13. The molecule has 4 rings (SSSR count). The van der Waals surface area contributed by atoms with Gasteiger partial charge in [-0.1, -0.05) is 48.5 Å². The highest BCUT2D eigenvalue weighted by atomic mass is 16.5. The normalized spacial score (nSPS) is 11.0. The third kappa shape index (κ3) is 4.75. The Bertz CT molecular complexity index is 1240. The molecule has 4 aromatic carbocycles. The highest BCUT2D eigenvalue weighted by Gasteiger charge is 2.08. The molecule has 0 saturated heterocycles. The fourth-order valence-electron chi connectivity index (χ4n) is 3.44. The van der Waals surface area contributed by atoms with Gasteiger partial charge in [0, 0.05) is 5.56 Å². The molecule has 1 amide bonds. The van der Waals surface area contributed by atoms with Crippen LogP contribution < -0.4 is 10.2 Å². The monoisotopic (exact) mass is 426 g/mol. The van der Waals surface area contributed by atoms with Gasteiger partial charge in [0.25, 0.3) is 5.91 Å². The second-order valence-electron chi connectivity index (χ2n) is 7.06. The van der Waals surface area contributed by atoms with Crippen molar-refractivity contribution in [3.05, 3.63) is 90.0 Å². The molecule has 0 unspecified atom stereocenters. The molecule has 160 valence electrons. The van der Waals surface area contributed by atoms with E-state index < -0.39 is 5.97 Å². The Morgan fingerprint density at radius 3 is 2.16 bits per heavy atom. The summed E-state index contributed by atoms with van der Waals surface area (Å²) in [5.41, 5.74) is 3.87. The van der Waals surface area contributed by atoms with Crippen molar-refractivity contribution in [2.75, 3.05) is 13.2 Å². The summed E-state index contributed by atoms with van der Waals surface area (Å²) in [5.74, 6) is -0.315. The van der Waals surface area contributed by atoms with Crippen molar-refractivity contribution in [3.63, 3.8) is 0 Å². The first kappa shape index (κ1) is 21.1. The van der Waals surface area contributed by atoms with E-state index >= 15 is 0 Å². The molecule has 1 N–H and O–H groups in total. The summed E-state index contributed by atoms with van der Waals surface area (Å²) in [6, 6.07) is 24.7. The van der Waals surface area contributed by atoms with Gasteiger partial charge in [-0.05, 0) is 58.8 Å². The van der Waals surface area contributed by atoms with Crippen LogP contribution in [0.4, 0.5) is 0 Å². The Morgan fingerprint density at radius 2 is 1.53 bits per heavy atom. The van der Waals surface area contributed by atoms with Crippen LogP contribution >= 0.6 is 0 Å². The van der Waals surface area contributed by atoms with E-state index in [4.69, 9.17) is 9.47 Å². The number of benzene rings is 4. The number of ether oxygens (including phenoxy) is 2. The zero-order valence-corrected chi connectivity index (χ0v) is 17.6. The second-order valence-corrected chi connectivity index (χ2v) is 7.06. The predicted octanol–water partition coefficient (Wildman–Crippen LogP) is 4.70. The number of rotatable bonds is 7. The maximum Gasteiger partial charge on any atom is 0.338 e. The number of amides is 1. The average Bonchev–Trinajstić information content (AvgIpc) is 2.82. The largest absolute Gasteiger partial charge is 0.484 e. The lowest BCUT2D eigenvalue weighted by Gasteiger charge is -2.08. The summed E-state index contributed by atoms with van der Waals surface area (Å²) >= 11 is 0. The molecule has 0 aromatic heterocycles. The molecule has 0 spiro atoms. The van der Waals surface area contributed by atoms with E-state index in [1.807, 2.05) is 36.4 Å². The van der Waals surface area contributed by atoms with Gasteiger partial charge in [0.1, 0.15) is 5.75 Å². The smallest absolute Gasteiger partial charge is 0.338 e. The van der Waals surface area contributed by atoms with Gasteiger partial charge in [-0.2, -0.15) is 5.10 Å². The second kappa shape index (κ2) is 9.75. The van der Waals surface area contributed by atoms with Crippen LogP contribution in [0.3, 0.4) is 0 Å². The van der Waals surface area contributed by atoms with E-state index in [-0.39, 0.29) is 12.5 Å². The Balaban J connectivity index is 1.41. The molecule has 0 saturated carbocycles. The first-order chi connectivity index (χ1) is 15.7. The van der Waals surface area contributed by atoms with Gasteiger partial charge >= 0.3 is 5.97 Å². The standard InChI is InChI=1S/C26H22N2O4/c1-2-31-26(30)18-11-13-21(14-12-18)32-17-25(29)28-27-16-24-22-9-5-3-7-19(22)15-20-8-4-6-10-23(20)24/h3-16H,2,17H2,1H3,(H,28,29)/b27-16+. The number of carbonyl (C=O) groups is 2. The predicted molar refractivity (Wildman–Crippen MR) is 125 cm³/mol. The van der Waals surface area contributed by atoms with Crippen molar-refractivity contribution < 1.29 is 19.1 Å². The molecule has 0 aliphatic rings. The maximum atomic E-state index is 12.2. The quantitative estimate of drug-likeness (QED) is 0.201. The van der Waals surface area contributed by atoms with Crippen molar-refractivity contribution in [2.45, 2.75) is 6.92 Å². The van der Waals surface area contributed by atoms with Gasteiger partial charge < -0.3 is 9.47 Å². The van der Waals surface area contributed by atoms with Crippen molar-refractivity contribution >= 4 is 39.6 Å². The molecule has 32 heavy (non-hydrogen) atoms. The third-order valence-electron chi connectivity index (χ3n) is 4.93. The Hall–Kier alpha value is -4.19. The summed E-state index contributed by atoms with van der Waals surface area (Å²) in [5, 5.41) is 8.47. The van der Waals surface area contributed by atoms with Crippen LogP contribution in [0.1, 0.15) is 22.8 Å². The number of carbonyl (C=O) groups excluding carboxylic acids is 2. The van der Waals surface area contributed by atoms with Crippen LogP contribution in [0.15, 0.2) is 84.0 Å². The summed E-state index contributed by atoms with van der Waals surface area (Å²) in [7, 11) is 0. The number of hydrazone groups is 1. The molecule has 0 aliphatic heterocycles. The molecule has 0 bridgehead atoms. The van der Waals surface area contributed by atoms with E-state index in [0.717, 1.165) is 27.1 Å². The maximum absolute atomic E-state index is 12.2. The van der Waals surface area contributed by atoms with Crippen LogP contribution in [0.25, 0.3) is 21.5 Å². The molecule has 0 fully saturated rings. The van der Waals surface area contributed by atoms with Gasteiger partial charge in [0.05, 0.1) is 18.4 Å². The van der Waals surface area contributed by atoms with Gasteiger partial charge in [0.2, 0.25) is 0 Å². The molecule has 6 heteroatoms. The van der Waals surface area contributed by atoms with Crippen LogP contribution in [-0.2, 0) is 9.53 Å². The zero-order chi connectivity index (χ0) is 22.3. The van der Waals surface area contributed by atoms with Crippen molar-refractivity contribution in [3.8, 4) is 5.75 Å². The first-order valence-corrected chi connectivity index (χ1v) is 10.3. The molecular weight excluding hydrogens is 404 g/mol. The molecular formula is C26H22N2O4. The van der Waals surface area contributed by atoms with E-state index in [0.29, 0.717) is 17.9 Å². The topological polar surface area (TPSA) is 77.0 Å². The molecule has 0 heterocycles. The summed E-state index contributed by atoms with van der Waals surface area (Å²) in [6.07, 6.45) is 1.66. The lowest BCUT2D eigenvalue weighted by Crippen LogP contribution is -2.24. The lowest BCUT2D eigenvalue weighted by atomic mass is 9.97. The molecule has 6 nitrogen and oxygen atoms in total. The number of esters is 1. The zero-order valence-electron chi connectivity index (χ0n) is 17.6. The average molecular weight is 426 g/mol. The minimum atomic E-state index is -0.396. The number of nitrogens with one attached hydrogen (secondary N) is 1. The Labute approximate surface area is 185 Å². The molecule has 0 aliphatic carbocycles. The van der Waals surface area contributed by atoms with Crippen LogP contribution in [0, 0.1) is 0 Å². The number of hydrogen-bond acceptors (Lipinski definition) is 5. The van der Waals surface area contributed by atoms with Crippen molar-refractivity contribution in [1.82, 2.24) is 5.43 Å². The highest BCUT2D eigenvalue weighted by Crippen LogP contribution is 2.27. The minimum absolute atomic E-state index is 0.202. The minimum Gasteiger partial charge on any atom is -0.484 e. The van der Waals surface area contributed by atoms with Crippen LogP contribution in [0.2, 0.25) is 0 Å². The molecule has 0 atom stereocenters.